The van der Waals surface area contributed by atoms with Gasteiger partial charge in [-0.15, -0.1) is 0 Å². The Hall–Kier alpha value is -1.80. The zero-order chi connectivity index (χ0) is 39.0. The van der Waals surface area contributed by atoms with Gasteiger partial charge in [-0.3, -0.25) is 4.79 Å². The number of allylic oxidation sites excluding steroid dienone is 4. The Morgan fingerprint density at radius 3 is 2.21 bits per heavy atom. The molecule has 0 aliphatic heterocycles. The van der Waals surface area contributed by atoms with E-state index in [0.717, 1.165) is 49.7 Å². The summed E-state index contributed by atoms with van der Waals surface area (Å²) < 4.78 is 6.36. The fourth-order valence-electron chi connectivity index (χ4n) is 13.1. The van der Waals surface area contributed by atoms with E-state index in [1.54, 1.807) is 0 Å². The van der Waals surface area contributed by atoms with Crippen LogP contribution in [0.4, 0.5) is 0 Å². The van der Waals surface area contributed by atoms with Gasteiger partial charge >= 0.3 is 5.97 Å². The number of fused-ring (bicyclic) bond motifs is 7. The highest BCUT2D eigenvalue weighted by atomic mass is 16.5. The number of ketones is 1. The molecule has 4 fully saturated rings. The molecule has 5 aliphatic rings. The molecule has 294 valence electrons. The second-order valence-corrected chi connectivity index (χ2v) is 20.3. The van der Waals surface area contributed by atoms with Crippen molar-refractivity contribution in [3.05, 3.63) is 34.9 Å². The molecule has 4 N–H and O–H groups in total. The fraction of sp³-hybridized carbons (Fsp3) is 0.822. The number of Topliss-reactive ketones (excluding diaryl/α,β-unsaturated/α-hetero) is 1. The molecule has 0 saturated heterocycles. The van der Waals surface area contributed by atoms with Gasteiger partial charge in [0.25, 0.3) is 0 Å². The van der Waals surface area contributed by atoms with Gasteiger partial charge in [0.1, 0.15) is 11.9 Å². The van der Waals surface area contributed by atoms with Crippen LogP contribution in [0.15, 0.2) is 34.9 Å². The summed E-state index contributed by atoms with van der Waals surface area (Å²) in [5, 5.41) is 48.3. The molecule has 0 bridgehead atoms. The second-order valence-electron chi connectivity index (χ2n) is 20.3. The van der Waals surface area contributed by atoms with E-state index in [9.17, 15) is 30.0 Å². The maximum absolute atomic E-state index is 14.8. The van der Waals surface area contributed by atoms with Crippen molar-refractivity contribution in [3.63, 3.8) is 0 Å². The monoisotopic (exact) mass is 725 g/mol. The van der Waals surface area contributed by atoms with Gasteiger partial charge in [-0.2, -0.15) is 0 Å². The number of hydrogen-bond acceptors (Lipinski definition) is 7. The molecule has 0 amide bonds. The first-order valence-electron chi connectivity index (χ1n) is 20.4. The molecule has 4 saturated carbocycles. The average Bonchev–Trinajstić information content (AvgIpc) is 3.05. The minimum absolute atomic E-state index is 0.0611. The summed E-state index contributed by atoms with van der Waals surface area (Å²) in [5.41, 5.74) is -0.440. The number of ether oxygens (including phenoxy) is 1. The molecule has 0 spiro atoms. The van der Waals surface area contributed by atoms with Gasteiger partial charge < -0.3 is 25.2 Å². The van der Waals surface area contributed by atoms with Crippen LogP contribution in [0.2, 0.25) is 0 Å². The Morgan fingerprint density at radius 1 is 0.962 bits per heavy atom. The number of aliphatic hydroxyl groups excluding tert-OH is 4. The summed E-state index contributed by atoms with van der Waals surface area (Å²) in [4.78, 5) is 28.4. The Morgan fingerprint density at radius 2 is 1.62 bits per heavy atom. The lowest BCUT2D eigenvalue weighted by Crippen LogP contribution is -2.75. The lowest BCUT2D eigenvalue weighted by atomic mass is 9.31. The van der Waals surface area contributed by atoms with E-state index in [0.29, 0.717) is 25.2 Å². The summed E-state index contributed by atoms with van der Waals surface area (Å²) in [6, 6.07) is 0. The van der Waals surface area contributed by atoms with E-state index in [-0.39, 0.29) is 34.1 Å². The third-order valence-corrected chi connectivity index (χ3v) is 16.6. The predicted molar refractivity (Wildman–Crippen MR) is 206 cm³/mol. The molecule has 1 unspecified atom stereocenters. The fourth-order valence-corrected chi connectivity index (χ4v) is 13.1. The van der Waals surface area contributed by atoms with E-state index in [1.807, 2.05) is 34.6 Å². The predicted octanol–water partition coefficient (Wildman–Crippen LogP) is 8.14. The SMILES string of the molecule is CCC(C)C(=O)[C@H]1[C@H](OC(=O)/C=C(/C)CCC=C(C)C)C(C)(C)C[C@H]2C3=CC[C@@H]4[C@@]5(C)CC[C@H](O)C(C)(C)[C@@H]5CC[C@@]4(C)[C@]3(C)[C@@H](O)[C@@H](O)[C@]21CO. The molecular formula is C45H72O7. The third kappa shape index (κ3) is 5.96. The Balaban J connectivity index is 1.62. The minimum Gasteiger partial charge on any atom is -0.458 e. The Bertz CT molecular complexity index is 1480. The third-order valence-electron chi connectivity index (χ3n) is 16.6. The van der Waals surface area contributed by atoms with E-state index in [4.69, 9.17) is 4.74 Å². The van der Waals surface area contributed by atoms with Crippen molar-refractivity contribution in [2.24, 2.45) is 62.1 Å². The quantitative estimate of drug-likeness (QED) is 0.108. The van der Waals surface area contributed by atoms with Crippen molar-refractivity contribution in [3.8, 4) is 0 Å². The van der Waals surface area contributed by atoms with Crippen LogP contribution in [0.5, 0.6) is 0 Å². The minimum atomic E-state index is -1.44. The molecular weight excluding hydrogens is 652 g/mol. The molecule has 0 aromatic heterocycles. The first-order valence-corrected chi connectivity index (χ1v) is 20.4. The largest absolute Gasteiger partial charge is 0.458 e. The molecule has 5 rings (SSSR count). The summed E-state index contributed by atoms with van der Waals surface area (Å²) in [6.07, 6.45) is 8.87. The zero-order valence-electron chi connectivity index (χ0n) is 34.5. The lowest BCUT2D eigenvalue weighted by molar-refractivity contribution is -0.275. The molecule has 13 atom stereocenters. The van der Waals surface area contributed by atoms with Crippen molar-refractivity contribution in [1.82, 2.24) is 0 Å². The number of esters is 1. The van der Waals surface area contributed by atoms with E-state index in [2.05, 4.69) is 60.6 Å². The van der Waals surface area contributed by atoms with Crippen LogP contribution in [-0.4, -0.2) is 63.2 Å². The van der Waals surface area contributed by atoms with Crippen LogP contribution >= 0.6 is 0 Å². The molecule has 0 heterocycles. The van der Waals surface area contributed by atoms with Gasteiger partial charge in [0, 0.05) is 28.2 Å². The number of hydrogen-bond donors (Lipinski definition) is 4. The van der Waals surface area contributed by atoms with Gasteiger partial charge in [-0.05, 0) is 113 Å². The summed E-state index contributed by atoms with van der Waals surface area (Å²) in [5.74, 6) is -1.92. The number of aliphatic hydroxyl groups is 4. The van der Waals surface area contributed by atoms with Crippen LogP contribution in [0.25, 0.3) is 0 Å². The van der Waals surface area contributed by atoms with Crippen LogP contribution in [0.3, 0.4) is 0 Å². The molecule has 7 nitrogen and oxygen atoms in total. The van der Waals surface area contributed by atoms with Gasteiger partial charge in [0.2, 0.25) is 0 Å². The first kappa shape index (κ1) is 41.4. The van der Waals surface area contributed by atoms with Crippen LogP contribution < -0.4 is 0 Å². The van der Waals surface area contributed by atoms with Crippen molar-refractivity contribution >= 4 is 11.8 Å². The second kappa shape index (κ2) is 14.0. The highest BCUT2D eigenvalue weighted by Gasteiger charge is 2.76. The average molecular weight is 725 g/mol. The Kier molecular flexibility index (Phi) is 11.2. The smallest absolute Gasteiger partial charge is 0.331 e. The van der Waals surface area contributed by atoms with E-state index >= 15 is 0 Å². The Labute approximate surface area is 314 Å². The van der Waals surface area contributed by atoms with Crippen LogP contribution in [0.1, 0.15) is 141 Å². The molecule has 0 radical (unpaired) electrons. The van der Waals surface area contributed by atoms with Crippen LogP contribution in [-0.2, 0) is 14.3 Å². The molecule has 0 aromatic rings. The lowest BCUT2D eigenvalue weighted by Gasteiger charge is -2.73. The van der Waals surface area contributed by atoms with Gasteiger partial charge in [-0.1, -0.05) is 91.2 Å². The molecule has 52 heavy (non-hydrogen) atoms. The summed E-state index contributed by atoms with van der Waals surface area (Å²) in [7, 11) is 0. The maximum Gasteiger partial charge on any atom is 0.331 e. The molecule has 5 aliphatic carbocycles. The van der Waals surface area contributed by atoms with Crippen molar-refractivity contribution < 1.29 is 34.8 Å². The maximum atomic E-state index is 14.8. The molecule has 7 heteroatoms. The van der Waals surface area contributed by atoms with Gasteiger partial charge in [0.15, 0.2) is 0 Å². The highest BCUT2D eigenvalue weighted by Crippen LogP contribution is 2.76. The van der Waals surface area contributed by atoms with Crippen LogP contribution in [0, 0.1) is 62.1 Å². The summed E-state index contributed by atoms with van der Waals surface area (Å²) >= 11 is 0. The normalized spacial score (nSPS) is 44.2. The van der Waals surface area contributed by atoms with Crippen molar-refractivity contribution in [1.29, 1.82) is 0 Å². The zero-order valence-corrected chi connectivity index (χ0v) is 34.5. The molecule has 0 aromatic carbocycles. The van der Waals surface area contributed by atoms with Gasteiger partial charge in [0.05, 0.1) is 30.8 Å². The van der Waals surface area contributed by atoms with E-state index in [1.165, 1.54) is 11.6 Å². The van der Waals surface area contributed by atoms with Crippen molar-refractivity contribution in [2.45, 2.75) is 165 Å². The summed E-state index contributed by atoms with van der Waals surface area (Å²) in [6.45, 7) is 24.7. The highest BCUT2D eigenvalue weighted by molar-refractivity contribution is 5.87. The number of carbonyl (C=O) groups is 2. The standard InChI is InChI=1S/C45H72O7/c1-13-28(5)36(49)35-39(52-34(48)23-27(4)16-14-15-26(2)3)40(6,7)24-30-29-17-18-32-42(10)21-20-33(47)41(8,9)31(42)19-22-43(32,11)44(29,12)37(50)38(51)45(30,35)25-46/h15,17,23,28,30-33,35,37-39,46-47,50-51H,13-14,16,18-22,24-25H2,1-12H3/b27-23-/t28?,30-,31-,32+,33-,35-,37-,38+,39-,42-,43+,44-,45+/m0/s1. The van der Waals surface area contributed by atoms with E-state index < -0.39 is 64.9 Å². The first-order chi connectivity index (χ1) is 24.0. The number of carbonyl (C=O) groups excluding carboxylic acids is 2. The van der Waals surface area contributed by atoms with Gasteiger partial charge in [-0.25, -0.2) is 4.79 Å². The number of rotatable bonds is 9. The topological polar surface area (TPSA) is 124 Å². The van der Waals surface area contributed by atoms with Crippen molar-refractivity contribution in [2.75, 3.05) is 6.61 Å².